The fourth-order valence-corrected chi connectivity index (χ4v) is 3.91. The molecule has 2 heterocycles. The molecule has 2 aromatic rings. The Morgan fingerprint density at radius 2 is 2.17 bits per heavy atom. The monoisotopic (exact) mass is 411 g/mol. The molecule has 0 bridgehead atoms. The zero-order valence-electron chi connectivity index (χ0n) is 16.5. The van der Waals surface area contributed by atoms with Crippen molar-refractivity contribution in [2.45, 2.75) is 44.4 Å². The number of rotatable bonds is 4. The molecular formula is C23H23F2N3S. The van der Waals surface area contributed by atoms with E-state index in [9.17, 15) is 8.78 Å². The second-order valence-electron chi connectivity index (χ2n) is 6.90. The molecule has 0 fully saturated rings. The number of pyridine rings is 1. The van der Waals surface area contributed by atoms with Gasteiger partial charge in [0.15, 0.2) is 5.17 Å². The Morgan fingerprint density at radius 1 is 1.34 bits per heavy atom. The molecule has 6 heteroatoms. The van der Waals surface area contributed by atoms with Gasteiger partial charge in [-0.25, -0.2) is 8.78 Å². The second-order valence-corrected chi connectivity index (χ2v) is 8.36. The summed E-state index contributed by atoms with van der Waals surface area (Å²) in [6.45, 7) is 4.09. The van der Waals surface area contributed by atoms with E-state index in [1.165, 1.54) is 30.0 Å². The molecule has 1 aliphatic heterocycles. The summed E-state index contributed by atoms with van der Waals surface area (Å²) in [7, 11) is 0. The number of aromatic nitrogens is 1. The summed E-state index contributed by atoms with van der Waals surface area (Å²) in [5.74, 6) is 5.17. The summed E-state index contributed by atoms with van der Waals surface area (Å²) >= 11 is 1.48. The number of nitrogens with two attached hydrogens (primary N) is 1. The predicted molar refractivity (Wildman–Crippen MR) is 117 cm³/mol. The van der Waals surface area contributed by atoms with Crippen molar-refractivity contribution in [2.75, 3.05) is 0 Å². The first kappa shape index (κ1) is 21.1. The Kier molecular flexibility index (Phi) is 7.05. The Labute approximate surface area is 174 Å². The summed E-state index contributed by atoms with van der Waals surface area (Å²) < 4.78 is 29.1. The Balaban J connectivity index is 1.83. The summed E-state index contributed by atoms with van der Waals surface area (Å²) in [4.78, 5) is 8.50. The van der Waals surface area contributed by atoms with Crippen molar-refractivity contribution in [1.82, 2.24) is 4.98 Å². The smallest absolute Gasteiger partial charge is 0.154 e. The van der Waals surface area contributed by atoms with Crippen molar-refractivity contribution >= 4 is 28.8 Å². The lowest BCUT2D eigenvalue weighted by atomic mass is 9.99. The highest BCUT2D eigenvalue weighted by molar-refractivity contribution is 8.14. The standard InChI is InChI=1S/C23H23F2N3S/c1-3-4-5-6-16-8-10-21(27-14-16)20(25)13-17-7-9-19(24)18(12-17)22-11-15(2)29-23(26)28-22/h7-10,12-15,22H,3-4,11H2,1-2H3,(H2,26,28)/b20-13-. The van der Waals surface area contributed by atoms with E-state index in [-0.39, 0.29) is 22.8 Å². The maximum atomic E-state index is 14.7. The van der Waals surface area contributed by atoms with Crippen molar-refractivity contribution in [2.24, 2.45) is 10.7 Å². The SMILES string of the molecule is CCCC#Cc1ccc(/C(F)=C/c2ccc(F)c(C3CC(C)SC(N)=N3)c2)nc1. The van der Waals surface area contributed by atoms with Crippen LogP contribution in [-0.4, -0.2) is 15.4 Å². The molecule has 0 aliphatic carbocycles. The van der Waals surface area contributed by atoms with Crippen molar-refractivity contribution in [3.63, 3.8) is 0 Å². The van der Waals surface area contributed by atoms with Gasteiger partial charge in [0.05, 0.1) is 11.7 Å². The number of hydrogen-bond acceptors (Lipinski definition) is 4. The molecule has 1 aromatic heterocycles. The molecule has 29 heavy (non-hydrogen) atoms. The normalized spacial score (nSPS) is 19.3. The lowest BCUT2D eigenvalue weighted by Gasteiger charge is -2.23. The number of nitrogens with zero attached hydrogens (tertiary/aromatic N) is 2. The van der Waals surface area contributed by atoms with Gasteiger partial charge in [-0.2, -0.15) is 0 Å². The van der Waals surface area contributed by atoms with E-state index >= 15 is 0 Å². The molecule has 0 saturated heterocycles. The zero-order chi connectivity index (χ0) is 20.8. The van der Waals surface area contributed by atoms with Crippen LogP contribution in [0, 0.1) is 17.7 Å². The van der Waals surface area contributed by atoms with Gasteiger partial charge in [-0.15, -0.1) is 0 Å². The summed E-state index contributed by atoms with van der Waals surface area (Å²) in [6, 6.07) is 7.49. The van der Waals surface area contributed by atoms with Crippen LogP contribution >= 0.6 is 11.8 Å². The minimum atomic E-state index is -0.494. The minimum Gasteiger partial charge on any atom is -0.379 e. The van der Waals surface area contributed by atoms with Crippen LogP contribution in [0.5, 0.6) is 0 Å². The number of benzene rings is 1. The maximum absolute atomic E-state index is 14.7. The molecule has 150 valence electrons. The molecule has 0 saturated carbocycles. The number of halogens is 2. The van der Waals surface area contributed by atoms with Gasteiger partial charge in [0.1, 0.15) is 11.6 Å². The average Bonchev–Trinajstić information content (AvgIpc) is 2.69. The van der Waals surface area contributed by atoms with Crippen molar-refractivity contribution in [3.8, 4) is 11.8 Å². The van der Waals surface area contributed by atoms with Crippen LogP contribution < -0.4 is 5.73 Å². The van der Waals surface area contributed by atoms with Crippen LogP contribution in [0.4, 0.5) is 8.78 Å². The first-order chi connectivity index (χ1) is 14.0. The van der Waals surface area contributed by atoms with E-state index in [1.807, 2.05) is 6.92 Å². The quantitative estimate of drug-likeness (QED) is 0.655. The van der Waals surface area contributed by atoms with Gasteiger partial charge in [0, 0.05) is 29.0 Å². The van der Waals surface area contributed by atoms with Crippen LogP contribution in [0.2, 0.25) is 0 Å². The number of unbranched alkanes of at least 4 members (excludes halogenated alkanes) is 1. The third-order valence-electron chi connectivity index (χ3n) is 4.45. The minimum absolute atomic E-state index is 0.210. The van der Waals surface area contributed by atoms with Crippen LogP contribution in [-0.2, 0) is 0 Å². The molecule has 2 atom stereocenters. The third kappa shape index (κ3) is 5.68. The van der Waals surface area contributed by atoms with Crippen molar-refractivity contribution in [1.29, 1.82) is 0 Å². The van der Waals surface area contributed by atoms with Gasteiger partial charge >= 0.3 is 0 Å². The van der Waals surface area contributed by atoms with Crippen LogP contribution in [0.25, 0.3) is 11.9 Å². The van der Waals surface area contributed by atoms with E-state index in [0.717, 1.165) is 18.4 Å². The Morgan fingerprint density at radius 3 is 2.86 bits per heavy atom. The molecule has 2 unspecified atom stereocenters. The van der Waals surface area contributed by atoms with Gasteiger partial charge in [0.25, 0.3) is 0 Å². The van der Waals surface area contributed by atoms with Gasteiger partial charge in [-0.05, 0) is 48.7 Å². The first-order valence-electron chi connectivity index (χ1n) is 9.58. The zero-order valence-corrected chi connectivity index (χ0v) is 17.3. The van der Waals surface area contributed by atoms with Gasteiger partial charge in [-0.3, -0.25) is 9.98 Å². The maximum Gasteiger partial charge on any atom is 0.154 e. The van der Waals surface area contributed by atoms with Crippen LogP contribution in [0.1, 0.15) is 61.5 Å². The van der Waals surface area contributed by atoms with Gasteiger partial charge in [0.2, 0.25) is 0 Å². The number of thioether (sulfide) groups is 1. The highest BCUT2D eigenvalue weighted by Gasteiger charge is 2.24. The largest absolute Gasteiger partial charge is 0.379 e. The molecule has 3 rings (SSSR count). The molecule has 1 aliphatic rings. The van der Waals surface area contributed by atoms with E-state index in [4.69, 9.17) is 5.73 Å². The van der Waals surface area contributed by atoms with Gasteiger partial charge in [-0.1, -0.05) is 43.5 Å². The highest BCUT2D eigenvalue weighted by Crippen LogP contribution is 2.35. The highest BCUT2D eigenvalue weighted by atomic mass is 32.2. The second kappa shape index (κ2) is 9.71. The van der Waals surface area contributed by atoms with Gasteiger partial charge < -0.3 is 5.73 Å². The van der Waals surface area contributed by atoms with Crippen molar-refractivity contribution < 1.29 is 8.78 Å². The molecular weight excluding hydrogens is 388 g/mol. The molecule has 0 spiro atoms. The van der Waals surface area contributed by atoms with Crippen LogP contribution in [0.3, 0.4) is 0 Å². The third-order valence-corrected chi connectivity index (χ3v) is 5.39. The van der Waals surface area contributed by atoms with E-state index in [0.29, 0.717) is 22.7 Å². The first-order valence-corrected chi connectivity index (χ1v) is 10.5. The molecule has 2 N–H and O–H groups in total. The van der Waals surface area contributed by atoms with Crippen LogP contribution in [0.15, 0.2) is 41.5 Å². The molecule has 0 amide bonds. The number of aliphatic imine (C=N–C) groups is 1. The van der Waals surface area contributed by atoms with E-state index in [2.05, 4.69) is 28.7 Å². The number of amidine groups is 1. The lowest BCUT2D eigenvalue weighted by molar-refractivity contribution is 0.562. The fourth-order valence-electron chi connectivity index (χ4n) is 3.03. The lowest BCUT2D eigenvalue weighted by Crippen LogP contribution is -2.21. The Bertz CT molecular complexity index is 987. The van der Waals surface area contributed by atoms with E-state index < -0.39 is 5.83 Å². The molecule has 3 nitrogen and oxygen atoms in total. The topological polar surface area (TPSA) is 51.3 Å². The number of hydrogen-bond donors (Lipinski definition) is 1. The fraction of sp³-hybridized carbons (Fsp3) is 0.304. The summed E-state index contributed by atoms with van der Waals surface area (Å²) in [6.07, 6.45) is 5.39. The summed E-state index contributed by atoms with van der Waals surface area (Å²) in [5.41, 5.74) is 7.78. The average molecular weight is 412 g/mol. The molecule has 0 radical (unpaired) electrons. The summed E-state index contributed by atoms with van der Waals surface area (Å²) in [5, 5.41) is 0.697. The van der Waals surface area contributed by atoms with Crippen molar-refractivity contribution in [3.05, 3.63) is 64.7 Å². The molecule has 1 aromatic carbocycles. The predicted octanol–water partition coefficient (Wildman–Crippen LogP) is 5.72. The Hall–Kier alpha value is -2.65. The van der Waals surface area contributed by atoms with E-state index in [1.54, 1.807) is 24.4 Å².